The second-order valence-electron chi connectivity index (χ2n) is 3.68. The van der Waals surface area contributed by atoms with Gasteiger partial charge in [0.25, 0.3) is 0 Å². The molecule has 0 unspecified atom stereocenters. The van der Waals surface area contributed by atoms with Crippen LogP contribution in [0.1, 0.15) is 6.42 Å². The molecule has 8 heteroatoms. The van der Waals surface area contributed by atoms with Crippen molar-refractivity contribution in [3.63, 3.8) is 0 Å². The van der Waals surface area contributed by atoms with E-state index in [0.717, 1.165) is 0 Å². The number of hydrogen-bond donors (Lipinski definition) is 1. The van der Waals surface area contributed by atoms with E-state index in [1.165, 1.54) is 23.8 Å². The monoisotopic (exact) mass is 277 g/mol. The van der Waals surface area contributed by atoms with Gasteiger partial charge in [-0.2, -0.15) is 9.40 Å². The summed E-state index contributed by atoms with van der Waals surface area (Å²) in [6.45, 7) is 1.58. The van der Waals surface area contributed by atoms with Crippen molar-refractivity contribution in [1.29, 1.82) is 0 Å². The minimum atomic E-state index is -3.51. The molecular weight excluding hydrogens is 258 g/mol. The summed E-state index contributed by atoms with van der Waals surface area (Å²) in [6, 6.07) is 0. The molecule has 0 saturated carbocycles. The number of H-pyrrole nitrogens is 1. The molecule has 0 radical (unpaired) electrons. The first-order valence-corrected chi connectivity index (χ1v) is 7.03. The van der Waals surface area contributed by atoms with Crippen LogP contribution < -0.4 is 0 Å². The number of methoxy groups -OCH3 is 2. The first kappa shape index (κ1) is 15.1. The van der Waals surface area contributed by atoms with E-state index in [0.29, 0.717) is 32.7 Å². The smallest absolute Gasteiger partial charge is 0.246 e. The third-order valence-electron chi connectivity index (χ3n) is 2.41. The lowest BCUT2D eigenvalue weighted by molar-refractivity contribution is 0.164. The van der Waals surface area contributed by atoms with Gasteiger partial charge in [-0.25, -0.2) is 8.42 Å². The molecular formula is C10H19N3O4S. The highest BCUT2D eigenvalue weighted by atomic mass is 32.2. The summed E-state index contributed by atoms with van der Waals surface area (Å²) in [5.41, 5.74) is 0. The lowest BCUT2D eigenvalue weighted by atomic mass is 10.4. The van der Waals surface area contributed by atoms with Crippen LogP contribution >= 0.6 is 0 Å². The molecule has 18 heavy (non-hydrogen) atoms. The molecule has 0 saturated heterocycles. The Hall–Kier alpha value is -0.960. The maximum atomic E-state index is 12.3. The van der Waals surface area contributed by atoms with Gasteiger partial charge in [0.15, 0.2) is 0 Å². The maximum absolute atomic E-state index is 12.3. The highest BCUT2D eigenvalue weighted by molar-refractivity contribution is 7.89. The van der Waals surface area contributed by atoms with Crippen LogP contribution in [0.25, 0.3) is 0 Å². The normalized spacial score (nSPS) is 12.2. The molecule has 7 nitrogen and oxygen atoms in total. The number of aromatic amines is 1. The molecule has 1 aromatic heterocycles. The van der Waals surface area contributed by atoms with Crippen LogP contribution in [-0.4, -0.2) is 63.4 Å². The third kappa shape index (κ3) is 4.05. The van der Waals surface area contributed by atoms with Gasteiger partial charge in [-0.1, -0.05) is 0 Å². The third-order valence-corrected chi connectivity index (χ3v) is 4.28. The zero-order chi connectivity index (χ0) is 13.4. The van der Waals surface area contributed by atoms with Crippen molar-refractivity contribution < 1.29 is 17.9 Å². The first-order chi connectivity index (χ1) is 8.62. The van der Waals surface area contributed by atoms with Gasteiger partial charge in [-0.05, 0) is 6.42 Å². The average molecular weight is 277 g/mol. The van der Waals surface area contributed by atoms with Crippen molar-refractivity contribution in [3.8, 4) is 0 Å². The van der Waals surface area contributed by atoms with Gasteiger partial charge in [0.05, 0.1) is 12.8 Å². The Morgan fingerprint density at radius 3 is 2.56 bits per heavy atom. The molecule has 0 spiro atoms. The van der Waals surface area contributed by atoms with Gasteiger partial charge in [0.2, 0.25) is 10.0 Å². The van der Waals surface area contributed by atoms with Crippen LogP contribution in [0.5, 0.6) is 0 Å². The van der Waals surface area contributed by atoms with E-state index in [9.17, 15) is 8.42 Å². The number of ether oxygens (including phenoxy) is 2. The second kappa shape index (κ2) is 7.47. The quantitative estimate of drug-likeness (QED) is 0.646. The van der Waals surface area contributed by atoms with Crippen LogP contribution in [0.15, 0.2) is 17.3 Å². The minimum absolute atomic E-state index is 0.163. The van der Waals surface area contributed by atoms with E-state index in [1.807, 2.05) is 0 Å². The van der Waals surface area contributed by atoms with E-state index in [-0.39, 0.29) is 4.90 Å². The SMILES string of the molecule is COCCCN(CCOC)S(=O)(=O)c1cn[nH]c1. The summed E-state index contributed by atoms with van der Waals surface area (Å²) in [5.74, 6) is 0. The Labute approximate surface area is 107 Å². The largest absolute Gasteiger partial charge is 0.385 e. The van der Waals surface area contributed by atoms with E-state index in [2.05, 4.69) is 10.2 Å². The first-order valence-electron chi connectivity index (χ1n) is 5.59. The van der Waals surface area contributed by atoms with E-state index >= 15 is 0 Å². The molecule has 0 bridgehead atoms. The summed E-state index contributed by atoms with van der Waals surface area (Å²) >= 11 is 0. The number of hydrogen-bond acceptors (Lipinski definition) is 5. The van der Waals surface area contributed by atoms with Gasteiger partial charge in [0, 0.05) is 40.1 Å². The Bertz CT molecular complexity index is 418. The number of rotatable bonds is 9. The Morgan fingerprint density at radius 1 is 1.28 bits per heavy atom. The summed E-state index contributed by atoms with van der Waals surface area (Å²) in [5, 5.41) is 6.16. The van der Waals surface area contributed by atoms with Gasteiger partial charge >= 0.3 is 0 Å². The van der Waals surface area contributed by atoms with Crippen LogP contribution in [0.3, 0.4) is 0 Å². The molecule has 1 heterocycles. The van der Waals surface area contributed by atoms with Crippen LogP contribution in [0.2, 0.25) is 0 Å². The Kier molecular flexibility index (Phi) is 6.27. The fourth-order valence-electron chi connectivity index (χ4n) is 1.46. The molecule has 0 aliphatic rings. The van der Waals surface area contributed by atoms with Crippen molar-refractivity contribution in [3.05, 3.63) is 12.4 Å². The summed E-state index contributed by atoms with van der Waals surface area (Å²) in [4.78, 5) is 0.163. The fraction of sp³-hybridized carbons (Fsp3) is 0.700. The lowest BCUT2D eigenvalue weighted by Crippen LogP contribution is -2.35. The molecule has 0 amide bonds. The van der Waals surface area contributed by atoms with Crippen LogP contribution in [0.4, 0.5) is 0 Å². The number of sulfonamides is 1. The van der Waals surface area contributed by atoms with Gasteiger partial charge in [-0.3, -0.25) is 5.10 Å². The van der Waals surface area contributed by atoms with Crippen molar-refractivity contribution in [2.45, 2.75) is 11.3 Å². The molecule has 0 aromatic carbocycles. The topological polar surface area (TPSA) is 84.5 Å². The molecule has 1 rings (SSSR count). The molecule has 0 fully saturated rings. The summed E-state index contributed by atoms with van der Waals surface area (Å²) in [7, 11) is -0.380. The Balaban J connectivity index is 2.74. The number of nitrogens with one attached hydrogen (secondary N) is 1. The summed E-state index contributed by atoms with van der Waals surface area (Å²) < 4.78 is 35.8. The van der Waals surface area contributed by atoms with Gasteiger partial charge in [0.1, 0.15) is 4.90 Å². The molecule has 1 N–H and O–H groups in total. The highest BCUT2D eigenvalue weighted by Crippen LogP contribution is 2.13. The number of nitrogens with zero attached hydrogens (tertiary/aromatic N) is 2. The fourth-order valence-corrected chi connectivity index (χ4v) is 2.83. The molecule has 0 atom stereocenters. The van der Waals surface area contributed by atoms with Gasteiger partial charge < -0.3 is 9.47 Å². The van der Waals surface area contributed by atoms with Crippen molar-refractivity contribution in [1.82, 2.24) is 14.5 Å². The van der Waals surface area contributed by atoms with Gasteiger partial charge in [-0.15, -0.1) is 0 Å². The van der Waals surface area contributed by atoms with Crippen LogP contribution in [-0.2, 0) is 19.5 Å². The standard InChI is InChI=1S/C10H19N3O4S/c1-16-6-3-4-13(5-7-17-2)18(14,15)10-8-11-12-9-10/h8-9H,3-7H2,1-2H3,(H,11,12). The van der Waals surface area contributed by atoms with Crippen molar-refractivity contribution in [2.24, 2.45) is 0 Å². The Morgan fingerprint density at radius 2 is 2.00 bits per heavy atom. The zero-order valence-corrected chi connectivity index (χ0v) is 11.4. The highest BCUT2D eigenvalue weighted by Gasteiger charge is 2.24. The zero-order valence-electron chi connectivity index (χ0n) is 10.6. The van der Waals surface area contributed by atoms with E-state index < -0.39 is 10.0 Å². The van der Waals surface area contributed by atoms with Crippen molar-refractivity contribution >= 4 is 10.0 Å². The van der Waals surface area contributed by atoms with E-state index in [1.54, 1.807) is 7.11 Å². The summed E-state index contributed by atoms with van der Waals surface area (Å²) in [6.07, 6.45) is 3.30. The lowest BCUT2D eigenvalue weighted by Gasteiger charge is -2.20. The molecule has 0 aliphatic carbocycles. The molecule has 1 aromatic rings. The number of aromatic nitrogens is 2. The molecule has 0 aliphatic heterocycles. The molecule has 104 valence electrons. The maximum Gasteiger partial charge on any atom is 0.246 e. The second-order valence-corrected chi connectivity index (χ2v) is 5.62. The van der Waals surface area contributed by atoms with Crippen molar-refractivity contribution in [2.75, 3.05) is 40.5 Å². The van der Waals surface area contributed by atoms with Crippen LogP contribution in [0, 0.1) is 0 Å². The average Bonchev–Trinajstić information content (AvgIpc) is 2.87. The van der Waals surface area contributed by atoms with E-state index in [4.69, 9.17) is 9.47 Å². The predicted octanol–water partition coefficient (Wildman–Crippen LogP) is 0.0833. The predicted molar refractivity (Wildman–Crippen MR) is 65.7 cm³/mol. The minimum Gasteiger partial charge on any atom is -0.385 e.